The van der Waals surface area contributed by atoms with Gasteiger partial charge in [-0.1, -0.05) is 18.2 Å². The first-order valence-corrected chi connectivity index (χ1v) is 8.16. The zero-order valence-electron chi connectivity index (χ0n) is 14.7. The first-order chi connectivity index (χ1) is 12.6. The number of nitrogen functional groups attached to an aromatic ring is 1. The number of methoxy groups -OCH3 is 2. The van der Waals surface area contributed by atoms with Gasteiger partial charge in [0, 0.05) is 30.9 Å². The van der Waals surface area contributed by atoms with Crippen molar-refractivity contribution in [3.8, 4) is 17.4 Å². The molecule has 1 atom stereocenters. The molecule has 0 fully saturated rings. The van der Waals surface area contributed by atoms with E-state index in [4.69, 9.17) is 24.9 Å². The second-order valence-corrected chi connectivity index (χ2v) is 5.94. The molecule has 0 saturated carbocycles. The Balaban J connectivity index is 2.02. The Hall–Kier alpha value is -3.23. The fourth-order valence-corrected chi connectivity index (χ4v) is 3.13. The highest BCUT2D eigenvalue weighted by Crippen LogP contribution is 2.44. The van der Waals surface area contributed by atoms with Crippen LogP contribution in [0.25, 0.3) is 11.3 Å². The number of ether oxygens (including phenoxy) is 2. The van der Waals surface area contributed by atoms with E-state index in [1.54, 1.807) is 20.3 Å². The Labute approximate surface area is 152 Å². The van der Waals surface area contributed by atoms with Gasteiger partial charge in [0.05, 0.1) is 13.2 Å². The minimum absolute atomic E-state index is 0.491. The normalized spacial score (nSPS) is 19.7. The maximum atomic E-state index is 8.79. The van der Waals surface area contributed by atoms with Gasteiger partial charge in [-0.15, -0.1) is 0 Å². The number of furan rings is 1. The van der Waals surface area contributed by atoms with Crippen molar-refractivity contribution in [1.82, 2.24) is 0 Å². The van der Waals surface area contributed by atoms with E-state index in [1.807, 2.05) is 54.6 Å². The van der Waals surface area contributed by atoms with Crippen molar-refractivity contribution in [3.63, 3.8) is 0 Å². The summed E-state index contributed by atoms with van der Waals surface area (Å²) in [5.74, 6) is 1.96. The first kappa shape index (κ1) is 17.6. The van der Waals surface area contributed by atoms with Crippen LogP contribution in [0, 0.1) is 11.3 Å². The van der Waals surface area contributed by atoms with Crippen molar-refractivity contribution in [2.75, 3.05) is 20.0 Å². The molecule has 0 aliphatic heterocycles. The molecule has 1 aromatic heterocycles. The predicted molar refractivity (Wildman–Crippen MR) is 99.8 cm³/mol. The molecule has 3 rings (SSSR count). The molecule has 0 amide bonds. The van der Waals surface area contributed by atoms with Crippen LogP contribution in [-0.2, 0) is 15.1 Å². The van der Waals surface area contributed by atoms with E-state index in [0.29, 0.717) is 29.4 Å². The molecule has 5 heteroatoms. The molecule has 5 nitrogen and oxygen atoms in total. The van der Waals surface area contributed by atoms with E-state index in [9.17, 15) is 0 Å². The second kappa shape index (κ2) is 7.34. The van der Waals surface area contributed by atoms with Gasteiger partial charge in [-0.3, -0.25) is 0 Å². The van der Waals surface area contributed by atoms with Crippen LogP contribution in [0.5, 0.6) is 0 Å². The molecule has 132 valence electrons. The number of anilines is 1. The molecule has 0 bridgehead atoms. The monoisotopic (exact) mass is 348 g/mol. The molecule has 1 aliphatic rings. The van der Waals surface area contributed by atoms with Gasteiger partial charge in [0.1, 0.15) is 17.3 Å². The highest BCUT2D eigenvalue weighted by Gasteiger charge is 2.43. The number of nitrogens with zero attached hydrogens (tertiary/aromatic N) is 1. The predicted octanol–water partition coefficient (Wildman–Crippen LogP) is 4.31. The molecule has 0 saturated heterocycles. The lowest BCUT2D eigenvalue weighted by Gasteiger charge is -2.34. The third kappa shape index (κ3) is 3.15. The minimum atomic E-state index is -0.892. The van der Waals surface area contributed by atoms with Gasteiger partial charge in [-0.05, 0) is 42.0 Å². The average Bonchev–Trinajstić information content (AvgIpc) is 3.16. The number of benzene rings is 1. The molecule has 1 aliphatic carbocycles. The Morgan fingerprint density at radius 1 is 1.23 bits per heavy atom. The summed E-state index contributed by atoms with van der Waals surface area (Å²) < 4.78 is 17.6. The Morgan fingerprint density at radius 2 is 2.08 bits per heavy atom. The van der Waals surface area contributed by atoms with Crippen molar-refractivity contribution in [2.24, 2.45) is 0 Å². The standard InChI is InChI=1S/C21H20N2O3/c1-24-19-10-8-15(5-4-12-22)14-21(19,25-2)20-11-9-18(26-20)16-6-3-7-17(23)13-16/h3-11,13H,14,23H2,1-2H3. The van der Waals surface area contributed by atoms with Crippen LogP contribution < -0.4 is 5.73 Å². The quantitative estimate of drug-likeness (QED) is 0.643. The average molecular weight is 348 g/mol. The fourth-order valence-electron chi connectivity index (χ4n) is 3.13. The van der Waals surface area contributed by atoms with Gasteiger partial charge in [0.25, 0.3) is 0 Å². The number of nitriles is 1. The molecule has 2 N–H and O–H groups in total. The van der Waals surface area contributed by atoms with E-state index in [0.717, 1.165) is 11.1 Å². The molecule has 1 unspecified atom stereocenters. The summed E-state index contributed by atoms with van der Waals surface area (Å²) >= 11 is 0. The van der Waals surface area contributed by atoms with Gasteiger partial charge >= 0.3 is 0 Å². The largest absolute Gasteiger partial charge is 0.498 e. The molecule has 1 aromatic carbocycles. The van der Waals surface area contributed by atoms with Crippen LogP contribution >= 0.6 is 0 Å². The van der Waals surface area contributed by atoms with Crippen LogP contribution in [0.4, 0.5) is 5.69 Å². The molecule has 0 spiro atoms. The third-order valence-corrected chi connectivity index (χ3v) is 4.42. The molecule has 2 aromatic rings. The number of rotatable bonds is 5. The number of hydrogen-bond donors (Lipinski definition) is 1. The van der Waals surface area contributed by atoms with Crippen molar-refractivity contribution >= 4 is 5.69 Å². The van der Waals surface area contributed by atoms with E-state index in [2.05, 4.69) is 0 Å². The summed E-state index contributed by atoms with van der Waals surface area (Å²) in [7, 11) is 3.22. The van der Waals surface area contributed by atoms with Crippen LogP contribution in [0.3, 0.4) is 0 Å². The van der Waals surface area contributed by atoms with E-state index >= 15 is 0 Å². The summed E-state index contributed by atoms with van der Waals surface area (Å²) in [6.07, 6.45) is 7.44. The number of hydrogen-bond acceptors (Lipinski definition) is 5. The summed E-state index contributed by atoms with van der Waals surface area (Å²) in [6, 6.07) is 13.3. The lowest BCUT2D eigenvalue weighted by atomic mass is 9.85. The number of nitrogens with two attached hydrogens (primary N) is 1. The smallest absolute Gasteiger partial charge is 0.185 e. The van der Waals surface area contributed by atoms with E-state index < -0.39 is 5.60 Å². The summed E-state index contributed by atoms with van der Waals surface area (Å²) in [5, 5.41) is 8.79. The zero-order chi connectivity index (χ0) is 18.6. The van der Waals surface area contributed by atoms with Gasteiger partial charge < -0.3 is 19.6 Å². The molecular weight excluding hydrogens is 328 g/mol. The van der Waals surface area contributed by atoms with Crippen molar-refractivity contribution in [2.45, 2.75) is 12.0 Å². The van der Waals surface area contributed by atoms with Gasteiger partial charge in [0.2, 0.25) is 0 Å². The third-order valence-electron chi connectivity index (χ3n) is 4.42. The Morgan fingerprint density at radius 3 is 2.77 bits per heavy atom. The first-order valence-electron chi connectivity index (χ1n) is 8.16. The fraction of sp³-hybridized carbons (Fsp3) is 0.190. The van der Waals surface area contributed by atoms with Crippen LogP contribution in [0.15, 0.2) is 76.5 Å². The van der Waals surface area contributed by atoms with Gasteiger partial charge in [-0.25, -0.2) is 0 Å². The van der Waals surface area contributed by atoms with Crippen LogP contribution in [0.1, 0.15) is 12.2 Å². The van der Waals surface area contributed by atoms with Crippen LogP contribution in [-0.4, -0.2) is 14.2 Å². The van der Waals surface area contributed by atoms with E-state index in [1.165, 1.54) is 6.08 Å². The lowest BCUT2D eigenvalue weighted by Crippen LogP contribution is -2.33. The minimum Gasteiger partial charge on any atom is -0.498 e. The lowest BCUT2D eigenvalue weighted by molar-refractivity contribution is -0.0390. The summed E-state index contributed by atoms with van der Waals surface area (Å²) in [6.45, 7) is 0. The Kier molecular flexibility index (Phi) is 4.97. The second-order valence-electron chi connectivity index (χ2n) is 5.94. The van der Waals surface area contributed by atoms with Gasteiger partial charge in [0.15, 0.2) is 5.60 Å². The van der Waals surface area contributed by atoms with E-state index in [-0.39, 0.29) is 0 Å². The van der Waals surface area contributed by atoms with Crippen molar-refractivity contribution < 1.29 is 13.9 Å². The van der Waals surface area contributed by atoms with Crippen molar-refractivity contribution in [3.05, 3.63) is 77.8 Å². The zero-order valence-corrected chi connectivity index (χ0v) is 14.7. The van der Waals surface area contributed by atoms with Gasteiger partial charge in [-0.2, -0.15) is 5.26 Å². The van der Waals surface area contributed by atoms with Crippen molar-refractivity contribution in [1.29, 1.82) is 5.26 Å². The molecular formula is C21H20N2O3. The maximum Gasteiger partial charge on any atom is 0.185 e. The summed E-state index contributed by atoms with van der Waals surface area (Å²) in [5.41, 5.74) is 7.48. The molecule has 0 radical (unpaired) electrons. The molecule has 26 heavy (non-hydrogen) atoms. The maximum absolute atomic E-state index is 8.79. The number of allylic oxidation sites excluding steroid dienone is 4. The summed E-state index contributed by atoms with van der Waals surface area (Å²) in [4.78, 5) is 0. The highest BCUT2D eigenvalue weighted by molar-refractivity contribution is 5.63. The Bertz CT molecular complexity index is 931. The topological polar surface area (TPSA) is 81.4 Å². The SMILES string of the molecule is COC1=CC=C(C=CC#N)CC1(OC)c1ccc(-c2cccc(N)c2)o1. The van der Waals surface area contributed by atoms with Crippen LogP contribution in [0.2, 0.25) is 0 Å². The molecule has 1 heterocycles. The highest BCUT2D eigenvalue weighted by atomic mass is 16.5.